The molecule has 0 saturated carbocycles. The fourth-order valence-electron chi connectivity index (χ4n) is 3.03. The summed E-state index contributed by atoms with van der Waals surface area (Å²) in [6.45, 7) is 0.944. The molecule has 3 rings (SSSR count). The highest BCUT2D eigenvalue weighted by molar-refractivity contribution is 5.86. The number of hydrogen-bond donors (Lipinski definition) is 2. The summed E-state index contributed by atoms with van der Waals surface area (Å²) in [6.07, 6.45) is 2.22. The van der Waals surface area contributed by atoms with Crippen molar-refractivity contribution in [1.82, 2.24) is 10.3 Å². The number of nitrogens with one attached hydrogen (secondary N) is 2. The molecule has 2 N–H and O–H groups in total. The second kappa shape index (κ2) is 7.94. The Bertz CT molecular complexity index is 842. The van der Waals surface area contributed by atoms with Crippen LogP contribution in [-0.4, -0.2) is 31.2 Å². The number of carbonyl (C=O) groups is 1. The maximum absolute atomic E-state index is 13.3. The maximum atomic E-state index is 13.3. The number of carbonyl (C=O) groups excluding carboxylic acids is 1. The maximum Gasteiger partial charge on any atom is 0.221 e. The molecule has 2 aromatic carbocycles. The van der Waals surface area contributed by atoms with Gasteiger partial charge in [-0.25, -0.2) is 4.39 Å². The van der Waals surface area contributed by atoms with Crippen molar-refractivity contribution >= 4 is 16.8 Å². The van der Waals surface area contributed by atoms with Crippen LogP contribution in [0.5, 0.6) is 0 Å². The lowest BCUT2D eigenvalue weighted by Gasteiger charge is -2.17. The van der Waals surface area contributed by atoms with E-state index in [1.807, 2.05) is 30.5 Å². The van der Waals surface area contributed by atoms with Gasteiger partial charge in [0.2, 0.25) is 5.91 Å². The molecule has 25 heavy (non-hydrogen) atoms. The van der Waals surface area contributed by atoms with Crippen molar-refractivity contribution in [3.05, 3.63) is 71.7 Å². The number of rotatable bonds is 7. The van der Waals surface area contributed by atoms with Gasteiger partial charge in [0.25, 0.3) is 0 Å². The van der Waals surface area contributed by atoms with Crippen molar-refractivity contribution in [3.8, 4) is 0 Å². The fraction of sp³-hybridized carbons (Fsp3) is 0.250. The zero-order valence-corrected chi connectivity index (χ0v) is 14.1. The second-order valence-electron chi connectivity index (χ2n) is 5.94. The summed E-state index contributed by atoms with van der Waals surface area (Å²) in [7, 11) is 1.60. The van der Waals surface area contributed by atoms with Gasteiger partial charge in [0.1, 0.15) is 5.82 Å². The van der Waals surface area contributed by atoms with Gasteiger partial charge < -0.3 is 15.0 Å². The molecule has 5 heteroatoms. The average Bonchev–Trinajstić information content (AvgIpc) is 3.05. The van der Waals surface area contributed by atoms with Crippen LogP contribution < -0.4 is 5.32 Å². The van der Waals surface area contributed by atoms with Gasteiger partial charge in [0.15, 0.2) is 0 Å². The van der Waals surface area contributed by atoms with Crippen LogP contribution >= 0.6 is 0 Å². The number of hydrogen-bond acceptors (Lipinski definition) is 2. The number of ether oxygens (including phenoxy) is 1. The number of benzene rings is 2. The van der Waals surface area contributed by atoms with E-state index in [9.17, 15) is 9.18 Å². The molecule has 0 aliphatic rings. The predicted molar refractivity (Wildman–Crippen MR) is 96.0 cm³/mol. The lowest BCUT2D eigenvalue weighted by molar-refractivity contribution is -0.121. The summed E-state index contributed by atoms with van der Waals surface area (Å²) in [5, 5.41) is 3.93. The molecule has 130 valence electrons. The molecule has 0 radical (unpaired) electrons. The molecule has 0 spiro atoms. The van der Waals surface area contributed by atoms with E-state index in [1.54, 1.807) is 19.2 Å². The molecule has 0 bridgehead atoms. The highest BCUT2D eigenvalue weighted by atomic mass is 19.1. The van der Waals surface area contributed by atoms with Gasteiger partial charge >= 0.3 is 0 Å². The van der Waals surface area contributed by atoms with Gasteiger partial charge in [-0.05, 0) is 29.3 Å². The van der Waals surface area contributed by atoms with E-state index in [2.05, 4.69) is 10.3 Å². The highest BCUT2D eigenvalue weighted by Gasteiger charge is 2.21. The molecule has 1 aromatic heterocycles. The van der Waals surface area contributed by atoms with E-state index >= 15 is 0 Å². The van der Waals surface area contributed by atoms with Gasteiger partial charge in [0, 0.05) is 43.1 Å². The molecule has 4 nitrogen and oxygen atoms in total. The molecular formula is C20H21FN2O2. The van der Waals surface area contributed by atoms with Crippen molar-refractivity contribution in [3.63, 3.8) is 0 Å². The third-order valence-corrected chi connectivity index (χ3v) is 4.29. The van der Waals surface area contributed by atoms with Gasteiger partial charge in [-0.3, -0.25) is 4.79 Å². The minimum Gasteiger partial charge on any atom is -0.383 e. The van der Waals surface area contributed by atoms with Crippen molar-refractivity contribution in [2.45, 2.75) is 12.3 Å². The molecule has 1 heterocycles. The summed E-state index contributed by atoms with van der Waals surface area (Å²) in [5.74, 6) is -0.498. The molecular weight excluding hydrogens is 319 g/mol. The smallest absolute Gasteiger partial charge is 0.221 e. The first-order valence-corrected chi connectivity index (χ1v) is 8.26. The van der Waals surface area contributed by atoms with Crippen molar-refractivity contribution < 1.29 is 13.9 Å². The molecule has 1 atom stereocenters. The van der Waals surface area contributed by atoms with Crippen LogP contribution in [0.4, 0.5) is 4.39 Å². The van der Waals surface area contributed by atoms with Gasteiger partial charge in [0.05, 0.1) is 6.61 Å². The normalized spacial score (nSPS) is 12.2. The minimum atomic E-state index is -0.286. The first kappa shape index (κ1) is 17.2. The van der Waals surface area contributed by atoms with Gasteiger partial charge in [-0.15, -0.1) is 0 Å². The van der Waals surface area contributed by atoms with Gasteiger partial charge in [-0.1, -0.05) is 30.3 Å². The van der Waals surface area contributed by atoms with Crippen LogP contribution in [0.15, 0.2) is 54.7 Å². The third kappa shape index (κ3) is 4.06. The quantitative estimate of drug-likeness (QED) is 0.646. The first-order chi connectivity index (χ1) is 12.2. The lowest BCUT2D eigenvalue weighted by atomic mass is 9.88. The van der Waals surface area contributed by atoms with Crippen LogP contribution in [0.3, 0.4) is 0 Å². The fourth-order valence-corrected chi connectivity index (χ4v) is 3.03. The zero-order chi connectivity index (χ0) is 17.6. The number of aromatic nitrogens is 1. The number of amides is 1. The van der Waals surface area contributed by atoms with E-state index in [0.717, 1.165) is 22.0 Å². The van der Waals surface area contributed by atoms with Crippen LogP contribution in [-0.2, 0) is 9.53 Å². The van der Waals surface area contributed by atoms with Gasteiger partial charge in [-0.2, -0.15) is 0 Å². The molecule has 1 amide bonds. The second-order valence-corrected chi connectivity index (χ2v) is 5.94. The van der Waals surface area contributed by atoms with Crippen LogP contribution in [0.2, 0.25) is 0 Å². The minimum absolute atomic E-state index is 0.0587. The summed E-state index contributed by atoms with van der Waals surface area (Å²) in [4.78, 5) is 15.6. The first-order valence-electron chi connectivity index (χ1n) is 8.26. The Morgan fingerprint density at radius 2 is 1.96 bits per heavy atom. The summed E-state index contributed by atoms with van der Waals surface area (Å²) in [5.41, 5.74) is 2.96. The topological polar surface area (TPSA) is 54.1 Å². The molecule has 3 aromatic rings. The Balaban J connectivity index is 1.91. The largest absolute Gasteiger partial charge is 0.383 e. The zero-order valence-electron chi connectivity index (χ0n) is 14.1. The van der Waals surface area contributed by atoms with Crippen molar-refractivity contribution in [1.29, 1.82) is 0 Å². The average molecular weight is 340 g/mol. The molecule has 0 aliphatic carbocycles. The number of fused-ring (bicyclic) bond motifs is 1. The summed E-state index contributed by atoms with van der Waals surface area (Å²) in [6, 6.07) is 14.3. The number of halogens is 1. The molecule has 0 fully saturated rings. The Morgan fingerprint density at radius 3 is 2.72 bits per heavy atom. The molecule has 0 saturated heterocycles. The van der Waals surface area contributed by atoms with Crippen molar-refractivity contribution in [2.75, 3.05) is 20.3 Å². The molecule has 0 unspecified atom stereocenters. The Kier molecular flexibility index (Phi) is 5.46. The van der Waals surface area contributed by atoms with E-state index in [-0.39, 0.29) is 24.1 Å². The van der Waals surface area contributed by atoms with Crippen LogP contribution in [0, 0.1) is 5.82 Å². The Hall–Kier alpha value is -2.66. The summed E-state index contributed by atoms with van der Waals surface area (Å²) < 4.78 is 18.3. The summed E-state index contributed by atoms with van der Waals surface area (Å²) >= 11 is 0. The SMILES string of the molecule is COCCNC(=O)C[C@H](c1ccc(F)cc1)c1c[nH]c2ccccc12. The molecule has 0 aliphatic heterocycles. The standard InChI is InChI=1S/C20H21FN2O2/c1-25-11-10-22-20(24)12-17(14-6-8-15(21)9-7-14)18-13-23-19-5-3-2-4-16(18)19/h2-9,13,17,23H,10-12H2,1H3,(H,22,24)/t17-/m1/s1. The Morgan fingerprint density at radius 1 is 1.20 bits per heavy atom. The predicted octanol–water partition coefficient (Wildman–Crippen LogP) is 3.59. The highest BCUT2D eigenvalue weighted by Crippen LogP contribution is 2.33. The van der Waals surface area contributed by atoms with E-state index in [0.29, 0.717) is 13.2 Å². The Labute approximate surface area is 146 Å². The van der Waals surface area contributed by atoms with Crippen molar-refractivity contribution in [2.24, 2.45) is 0 Å². The number of aromatic amines is 1. The van der Waals surface area contributed by atoms with E-state index in [1.165, 1.54) is 12.1 Å². The monoisotopic (exact) mass is 340 g/mol. The lowest BCUT2D eigenvalue weighted by Crippen LogP contribution is -2.28. The van der Waals surface area contributed by atoms with E-state index < -0.39 is 0 Å². The van der Waals surface area contributed by atoms with Crippen LogP contribution in [0.1, 0.15) is 23.5 Å². The number of para-hydroxylation sites is 1. The third-order valence-electron chi connectivity index (χ3n) is 4.29. The number of H-pyrrole nitrogens is 1. The van der Waals surface area contributed by atoms with E-state index in [4.69, 9.17) is 4.74 Å². The number of methoxy groups -OCH3 is 1. The van der Waals surface area contributed by atoms with Crippen LogP contribution in [0.25, 0.3) is 10.9 Å².